The number of amides is 2. The summed E-state index contributed by atoms with van der Waals surface area (Å²) in [6, 6.07) is 5.27. The van der Waals surface area contributed by atoms with Crippen LogP contribution in [0.25, 0.3) is 0 Å². The Hall–Kier alpha value is -1.91. The lowest BCUT2D eigenvalue weighted by molar-refractivity contribution is -0.129. The van der Waals surface area contributed by atoms with Crippen LogP contribution in [0.15, 0.2) is 24.3 Å². The Bertz CT molecular complexity index is 541. The average molecular weight is 306 g/mol. The summed E-state index contributed by atoms with van der Waals surface area (Å²) in [4.78, 5) is 24.3. The van der Waals surface area contributed by atoms with Gasteiger partial charge >= 0.3 is 0 Å². The summed E-state index contributed by atoms with van der Waals surface area (Å²) >= 11 is 0. The largest absolute Gasteiger partial charge is 0.344 e. The molecule has 1 fully saturated rings. The molecule has 2 atom stereocenters. The summed E-state index contributed by atoms with van der Waals surface area (Å²) in [5.74, 6) is -0.707. The highest BCUT2D eigenvalue weighted by Gasteiger charge is 2.28. The molecule has 2 rings (SSSR count). The molecule has 1 aliphatic rings. The number of halogens is 1. The molecular formula is C17H23FN2O2. The highest BCUT2D eigenvalue weighted by molar-refractivity contribution is 5.97. The van der Waals surface area contributed by atoms with E-state index in [1.807, 2.05) is 6.92 Å². The predicted octanol–water partition coefficient (Wildman–Crippen LogP) is 3.10. The summed E-state index contributed by atoms with van der Waals surface area (Å²) in [6.07, 6.45) is 4.49. The highest BCUT2D eigenvalue weighted by Crippen LogP contribution is 2.31. The molecule has 22 heavy (non-hydrogen) atoms. The molecule has 0 heterocycles. The van der Waals surface area contributed by atoms with Crippen molar-refractivity contribution in [1.82, 2.24) is 5.32 Å². The molecule has 2 N–H and O–H groups in total. The molecule has 0 saturated heterocycles. The Morgan fingerprint density at radius 1 is 1.14 bits per heavy atom. The standard InChI is InChI=1S/C17H23FN2O2/c1-11(13-7-3-4-8-13)16(21)19-12(2)17(22)20-15-10-6-5-9-14(15)18/h5-6,9-13H,3-4,7-8H2,1-2H3,(H,19,21)(H,20,22). The predicted molar refractivity (Wildman–Crippen MR) is 83.8 cm³/mol. The van der Waals surface area contributed by atoms with Gasteiger partial charge in [0.1, 0.15) is 11.9 Å². The Kier molecular flexibility index (Phi) is 5.52. The van der Waals surface area contributed by atoms with Crippen molar-refractivity contribution in [3.8, 4) is 0 Å². The van der Waals surface area contributed by atoms with E-state index in [0.717, 1.165) is 12.8 Å². The van der Waals surface area contributed by atoms with Crippen LogP contribution in [0.5, 0.6) is 0 Å². The van der Waals surface area contributed by atoms with Gasteiger partial charge in [0.15, 0.2) is 0 Å². The molecule has 0 bridgehead atoms. The molecule has 5 heteroatoms. The SMILES string of the molecule is CC(NC(=O)C(C)C1CCCC1)C(=O)Nc1ccccc1F. The molecule has 1 aromatic carbocycles. The maximum Gasteiger partial charge on any atom is 0.246 e. The first-order chi connectivity index (χ1) is 10.5. The number of carbonyl (C=O) groups is 2. The van der Waals surface area contributed by atoms with Crippen molar-refractivity contribution in [1.29, 1.82) is 0 Å². The summed E-state index contributed by atoms with van der Waals surface area (Å²) in [6.45, 7) is 3.52. The fourth-order valence-corrected chi connectivity index (χ4v) is 2.89. The highest BCUT2D eigenvalue weighted by atomic mass is 19.1. The summed E-state index contributed by atoms with van der Waals surface area (Å²) in [5, 5.41) is 5.22. The van der Waals surface area contributed by atoms with Gasteiger partial charge in [-0.05, 0) is 37.8 Å². The van der Waals surface area contributed by atoms with Gasteiger partial charge in [-0.1, -0.05) is 31.9 Å². The Morgan fingerprint density at radius 3 is 2.41 bits per heavy atom. The van der Waals surface area contributed by atoms with Gasteiger partial charge in [-0.2, -0.15) is 0 Å². The zero-order valence-corrected chi connectivity index (χ0v) is 13.1. The Labute approximate surface area is 130 Å². The normalized spacial score (nSPS) is 17.8. The zero-order valence-electron chi connectivity index (χ0n) is 13.1. The van der Waals surface area contributed by atoms with Crippen LogP contribution >= 0.6 is 0 Å². The second kappa shape index (κ2) is 7.38. The molecule has 4 nitrogen and oxygen atoms in total. The fraction of sp³-hybridized carbons (Fsp3) is 0.529. The van der Waals surface area contributed by atoms with Crippen molar-refractivity contribution in [2.75, 3.05) is 5.32 Å². The molecule has 120 valence electrons. The van der Waals surface area contributed by atoms with Crippen molar-refractivity contribution < 1.29 is 14.0 Å². The number of benzene rings is 1. The Balaban J connectivity index is 1.88. The third-order valence-corrected chi connectivity index (χ3v) is 4.40. The van der Waals surface area contributed by atoms with E-state index in [1.165, 1.54) is 25.0 Å². The van der Waals surface area contributed by atoms with Gasteiger partial charge in [-0.3, -0.25) is 9.59 Å². The number of rotatable bonds is 5. The summed E-state index contributed by atoms with van der Waals surface area (Å²) in [7, 11) is 0. The van der Waals surface area contributed by atoms with Gasteiger partial charge in [0.05, 0.1) is 5.69 Å². The number of nitrogens with one attached hydrogen (secondary N) is 2. The van der Waals surface area contributed by atoms with Gasteiger partial charge in [-0.25, -0.2) is 4.39 Å². The van der Waals surface area contributed by atoms with Crippen LogP contribution < -0.4 is 10.6 Å². The minimum Gasteiger partial charge on any atom is -0.344 e. The van der Waals surface area contributed by atoms with Crippen LogP contribution in [0.2, 0.25) is 0 Å². The third-order valence-electron chi connectivity index (χ3n) is 4.40. The van der Waals surface area contributed by atoms with Crippen molar-refractivity contribution in [2.45, 2.75) is 45.6 Å². The van der Waals surface area contributed by atoms with E-state index in [9.17, 15) is 14.0 Å². The van der Waals surface area contributed by atoms with E-state index in [4.69, 9.17) is 0 Å². The maximum absolute atomic E-state index is 13.5. The minimum atomic E-state index is -0.698. The van der Waals surface area contributed by atoms with E-state index in [0.29, 0.717) is 5.92 Å². The lowest BCUT2D eigenvalue weighted by Gasteiger charge is -2.21. The van der Waals surface area contributed by atoms with Crippen molar-refractivity contribution >= 4 is 17.5 Å². The second-order valence-electron chi connectivity index (χ2n) is 6.03. The maximum atomic E-state index is 13.5. The van der Waals surface area contributed by atoms with Gasteiger partial charge in [0.2, 0.25) is 11.8 Å². The number of hydrogen-bond donors (Lipinski definition) is 2. The number of para-hydroxylation sites is 1. The van der Waals surface area contributed by atoms with Crippen LogP contribution in [0.4, 0.5) is 10.1 Å². The fourth-order valence-electron chi connectivity index (χ4n) is 2.89. The molecule has 2 amide bonds. The molecule has 0 spiro atoms. The minimum absolute atomic E-state index is 0.0915. The molecular weight excluding hydrogens is 283 g/mol. The van der Waals surface area contributed by atoms with E-state index >= 15 is 0 Å². The van der Waals surface area contributed by atoms with Crippen LogP contribution in [0.3, 0.4) is 0 Å². The van der Waals surface area contributed by atoms with Gasteiger partial charge in [-0.15, -0.1) is 0 Å². The molecule has 1 aromatic rings. The van der Waals surface area contributed by atoms with Crippen LogP contribution in [-0.4, -0.2) is 17.9 Å². The Morgan fingerprint density at radius 2 is 1.77 bits per heavy atom. The molecule has 2 unspecified atom stereocenters. The molecule has 1 saturated carbocycles. The molecule has 1 aliphatic carbocycles. The van der Waals surface area contributed by atoms with Crippen LogP contribution in [-0.2, 0) is 9.59 Å². The number of carbonyl (C=O) groups excluding carboxylic acids is 2. The lowest BCUT2D eigenvalue weighted by atomic mass is 9.91. The first kappa shape index (κ1) is 16.5. The third kappa shape index (κ3) is 4.06. The van der Waals surface area contributed by atoms with Crippen LogP contribution in [0, 0.1) is 17.7 Å². The van der Waals surface area contributed by atoms with Crippen molar-refractivity contribution in [3.63, 3.8) is 0 Å². The van der Waals surface area contributed by atoms with E-state index in [1.54, 1.807) is 19.1 Å². The topological polar surface area (TPSA) is 58.2 Å². The van der Waals surface area contributed by atoms with E-state index in [-0.39, 0.29) is 17.5 Å². The number of hydrogen-bond acceptors (Lipinski definition) is 2. The second-order valence-corrected chi connectivity index (χ2v) is 6.03. The van der Waals surface area contributed by atoms with E-state index in [2.05, 4.69) is 10.6 Å². The smallest absolute Gasteiger partial charge is 0.246 e. The monoisotopic (exact) mass is 306 g/mol. The first-order valence-corrected chi connectivity index (χ1v) is 7.85. The summed E-state index contributed by atoms with van der Waals surface area (Å²) < 4.78 is 13.5. The molecule has 0 aromatic heterocycles. The average Bonchev–Trinajstić information content (AvgIpc) is 3.02. The molecule has 0 aliphatic heterocycles. The van der Waals surface area contributed by atoms with Crippen molar-refractivity contribution in [3.05, 3.63) is 30.1 Å². The van der Waals surface area contributed by atoms with E-state index < -0.39 is 17.8 Å². The van der Waals surface area contributed by atoms with Crippen molar-refractivity contribution in [2.24, 2.45) is 11.8 Å². The van der Waals surface area contributed by atoms with Gasteiger partial charge in [0, 0.05) is 5.92 Å². The first-order valence-electron chi connectivity index (χ1n) is 7.85. The molecule has 0 radical (unpaired) electrons. The summed E-state index contributed by atoms with van der Waals surface area (Å²) in [5.41, 5.74) is 0.123. The van der Waals surface area contributed by atoms with Gasteiger partial charge < -0.3 is 10.6 Å². The quantitative estimate of drug-likeness (QED) is 0.878. The lowest BCUT2D eigenvalue weighted by Crippen LogP contribution is -2.44. The zero-order chi connectivity index (χ0) is 16.1. The van der Waals surface area contributed by atoms with Crippen LogP contribution in [0.1, 0.15) is 39.5 Å². The number of anilines is 1. The van der Waals surface area contributed by atoms with Gasteiger partial charge in [0.25, 0.3) is 0 Å².